The molecular formula is C15H19FN2O3. The van der Waals surface area contributed by atoms with Crippen LogP contribution in [0.25, 0.3) is 0 Å². The lowest BCUT2D eigenvalue weighted by Crippen LogP contribution is -2.63. The summed E-state index contributed by atoms with van der Waals surface area (Å²) in [4.78, 5) is 26.1. The Labute approximate surface area is 123 Å². The maximum absolute atomic E-state index is 13.5. The number of methoxy groups -OCH3 is 1. The highest BCUT2D eigenvalue weighted by molar-refractivity contribution is 6.08. The number of halogens is 1. The van der Waals surface area contributed by atoms with Crippen molar-refractivity contribution in [3.8, 4) is 5.75 Å². The molecule has 0 bridgehead atoms. The number of nitrogens with one attached hydrogen (secondary N) is 1. The van der Waals surface area contributed by atoms with Gasteiger partial charge in [-0.25, -0.2) is 4.39 Å². The maximum atomic E-state index is 13.5. The van der Waals surface area contributed by atoms with E-state index in [1.807, 2.05) is 13.8 Å². The van der Waals surface area contributed by atoms with Crippen molar-refractivity contribution in [2.75, 3.05) is 12.0 Å². The Hall–Kier alpha value is -2.11. The van der Waals surface area contributed by atoms with E-state index in [2.05, 4.69) is 5.32 Å². The second kappa shape index (κ2) is 6.11. The zero-order valence-electron chi connectivity index (χ0n) is 12.4. The van der Waals surface area contributed by atoms with Crippen molar-refractivity contribution in [3.05, 3.63) is 24.0 Å². The van der Waals surface area contributed by atoms with Gasteiger partial charge in [-0.1, -0.05) is 13.8 Å². The molecule has 2 unspecified atom stereocenters. The Balaban J connectivity index is 2.45. The van der Waals surface area contributed by atoms with Gasteiger partial charge in [0.25, 0.3) is 0 Å². The molecule has 1 saturated heterocycles. The number of carbonyl (C=O) groups is 2. The molecule has 1 fully saturated rings. The summed E-state index contributed by atoms with van der Waals surface area (Å²) in [6.45, 7) is 3.66. The Morgan fingerprint density at radius 3 is 2.57 bits per heavy atom. The van der Waals surface area contributed by atoms with Gasteiger partial charge in [0.15, 0.2) is 11.6 Å². The number of rotatable bonds is 4. The molecule has 5 nitrogen and oxygen atoms in total. The van der Waals surface area contributed by atoms with Crippen LogP contribution < -0.4 is 15.0 Å². The lowest BCUT2D eigenvalue weighted by molar-refractivity contribution is -0.134. The van der Waals surface area contributed by atoms with Gasteiger partial charge in [-0.05, 0) is 25.0 Å². The van der Waals surface area contributed by atoms with E-state index in [-0.39, 0.29) is 17.6 Å². The summed E-state index contributed by atoms with van der Waals surface area (Å²) in [6.07, 6.45) is 0.990. The van der Waals surface area contributed by atoms with Crippen molar-refractivity contribution in [2.24, 2.45) is 0 Å². The van der Waals surface area contributed by atoms with Crippen LogP contribution in [0.3, 0.4) is 0 Å². The van der Waals surface area contributed by atoms with Gasteiger partial charge in [0.1, 0.15) is 12.1 Å². The number of hydrogen-bond donors (Lipinski definition) is 1. The summed E-state index contributed by atoms with van der Waals surface area (Å²) in [5.41, 5.74) is 0.471. The molecule has 2 atom stereocenters. The lowest BCUT2D eigenvalue weighted by Gasteiger charge is -2.38. The number of piperazine rings is 1. The third-order valence-corrected chi connectivity index (χ3v) is 3.67. The van der Waals surface area contributed by atoms with Gasteiger partial charge in [0.2, 0.25) is 11.8 Å². The average molecular weight is 294 g/mol. The highest BCUT2D eigenvalue weighted by Gasteiger charge is 2.39. The molecule has 0 spiro atoms. The zero-order valence-corrected chi connectivity index (χ0v) is 12.4. The summed E-state index contributed by atoms with van der Waals surface area (Å²) in [5, 5.41) is 2.72. The quantitative estimate of drug-likeness (QED) is 0.922. The fourth-order valence-corrected chi connectivity index (χ4v) is 2.52. The first kappa shape index (κ1) is 15.3. The standard InChI is InChI=1S/C15H19FN2O3/c1-4-11-15(20)18(12(5-2)14(19)17-11)9-6-7-10(16)13(8-9)21-3/h6-8,11-12H,4-5H2,1-3H3,(H,17,19). The molecule has 0 saturated carbocycles. The second-order valence-electron chi connectivity index (χ2n) is 4.92. The Morgan fingerprint density at radius 1 is 1.29 bits per heavy atom. The van der Waals surface area contributed by atoms with Gasteiger partial charge in [0.05, 0.1) is 7.11 Å². The molecule has 1 aliphatic rings. The summed E-state index contributed by atoms with van der Waals surface area (Å²) in [5.74, 6) is -0.825. The van der Waals surface area contributed by atoms with Crippen molar-refractivity contribution < 1.29 is 18.7 Å². The number of anilines is 1. The molecule has 1 aromatic carbocycles. The predicted octanol–water partition coefficient (Wildman–Crippen LogP) is 1.85. The summed E-state index contributed by atoms with van der Waals surface area (Å²) in [7, 11) is 1.36. The van der Waals surface area contributed by atoms with E-state index in [9.17, 15) is 14.0 Å². The minimum Gasteiger partial charge on any atom is -0.494 e. The number of ether oxygens (including phenoxy) is 1. The van der Waals surface area contributed by atoms with E-state index in [1.54, 1.807) is 0 Å². The highest BCUT2D eigenvalue weighted by Crippen LogP contribution is 2.29. The number of carbonyl (C=O) groups excluding carboxylic acids is 2. The molecule has 1 aliphatic heterocycles. The minimum absolute atomic E-state index is 0.0502. The lowest BCUT2D eigenvalue weighted by atomic mass is 10.0. The van der Waals surface area contributed by atoms with E-state index >= 15 is 0 Å². The van der Waals surface area contributed by atoms with Crippen molar-refractivity contribution in [3.63, 3.8) is 0 Å². The number of nitrogens with zero attached hydrogens (tertiary/aromatic N) is 1. The van der Waals surface area contributed by atoms with Crippen molar-refractivity contribution in [2.45, 2.75) is 38.8 Å². The zero-order chi connectivity index (χ0) is 15.6. The third-order valence-electron chi connectivity index (χ3n) is 3.67. The molecule has 0 radical (unpaired) electrons. The summed E-state index contributed by atoms with van der Waals surface area (Å²) < 4.78 is 18.5. The fraction of sp³-hybridized carbons (Fsp3) is 0.467. The van der Waals surface area contributed by atoms with Crippen molar-refractivity contribution in [1.29, 1.82) is 0 Å². The molecule has 1 N–H and O–H groups in total. The van der Waals surface area contributed by atoms with E-state index in [1.165, 1.54) is 30.2 Å². The molecule has 114 valence electrons. The maximum Gasteiger partial charge on any atom is 0.250 e. The second-order valence-corrected chi connectivity index (χ2v) is 4.92. The van der Waals surface area contributed by atoms with Crippen LogP contribution in [0.5, 0.6) is 5.75 Å². The van der Waals surface area contributed by atoms with E-state index in [0.29, 0.717) is 18.5 Å². The molecule has 1 aromatic rings. The monoisotopic (exact) mass is 294 g/mol. The largest absolute Gasteiger partial charge is 0.494 e. The molecule has 6 heteroatoms. The van der Waals surface area contributed by atoms with E-state index in [4.69, 9.17) is 4.74 Å². The average Bonchev–Trinajstić information content (AvgIpc) is 2.49. The van der Waals surface area contributed by atoms with Crippen LogP contribution >= 0.6 is 0 Å². The van der Waals surface area contributed by atoms with Crippen LogP contribution in [0.2, 0.25) is 0 Å². The van der Waals surface area contributed by atoms with Crippen LogP contribution in [0.4, 0.5) is 10.1 Å². The SMILES string of the molecule is CCC1NC(=O)C(CC)N(c2ccc(F)c(OC)c2)C1=O. The van der Waals surface area contributed by atoms with Crippen LogP contribution in [-0.4, -0.2) is 31.0 Å². The van der Waals surface area contributed by atoms with Gasteiger partial charge in [-0.15, -0.1) is 0 Å². The number of hydrogen-bond acceptors (Lipinski definition) is 3. The Morgan fingerprint density at radius 2 is 2.00 bits per heavy atom. The smallest absolute Gasteiger partial charge is 0.250 e. The van der Waals surface area contributed by atoms with Gasteiger partial charge in [0, 0.05) is 11.8 Å². The fourth-order valence-electron chi connectivity index (χ4n) is 2.52. The normalized spacial score (nSPS) is 22.2. The molecular weight excluding hydrogens is 275 g/mol. The number of amides is 2. The van der Waals surface area contributed by atoms with E-state index < -0.39 is 17.9 Å². The summed E-state index contributed by atoms with van der Waals surface area (Å²) >= 11 is 0. The predicted molar refractivity (Wildman–Crippen MR) is 76.7 cm³/mol. The Kier molecular flexibility index (Phi) is 4.45. The first-order valence-electron chi connectivity index (χ1n) is 7.00. The van der Waals surface area contributed by atoms with Crippen LogP contribution in [-0.2, 0) is 9.59 Å². The van der Waals surface area contributed by atoms with Gasteiger partial charge < -0.3 is 10.1 Å². The molecule has 21 heavy (non-hydrogen) atoms. The molecule has 2 rings (SSSR count). The molecule has 2 amide bonds. The van der Waals surface area contributed by atoms with Gasteiger partial charge in [-0.2, -0.15) is 0 Å². The molecule has 0 aromatic heterocycles. The third kappa shape index (κ3) is 2.70. The van der Waals surface area contributed by atoms with Gasteiger partial charge >= 0.3 is 0 Å². The first-order chi connectivity index (χ1) is 10.0. The molecule has 1 heterocycles. The van der Waals surface area contributed by atoms with Crippen LogP contribution in [0.15, 0.2) is 18.2 Å². The minimum atomic E-state index is -0.588. The van der Waals surface area contributed by atoms with Crippen LogP contribution in [0, 0.1) is 5.82 Å². The topological polar surface area (TPSA) is 58.6 Å². The van der Waals surface area contributed by atoms with Crippen molar-refractivity contribution in [1.82, 2.24) is 5.32 Å². The highest BCUT2D eigenvalue weighted by atomic mass is 19.1. The van der Waals surface area contributed by atoms with Crippen molar-refractivity contribution >= 4 is 17.5 Å². The van der Waals surface area contributed by atoms with Crippen LogP contribution in [0.1, 0.15) is 26.7 Å². The van der Waals surface area contributed by atoms with Gasteiger partial charge in [-0.3, -0.25) is 14.5 Å². The van der Waals surface area contributed by atoms with E-state index in [0.717, 1.165) is 0 Å². The Bertz CT molecular complexity index is 562. The number of benzene rings is 1. The molecule has 0 aliphatic carbocycles. The summed E-state index contributed by atoms with van der Waals surface area (Å²) in [6, 6.07) is 3.04. The first-order valence-corrected chi connectivity index (χ1v) is 7.00.